The zero-order valence-electron chi connectivity index (χ0n) is 11.5. The van der Waals surface area contributed by atoms with Gasteiger partial charge in [-0.3, -0.25) is 14.9 Å². The second-order valence-electron chi connectivity index (χ2n) is 6.49. The quantitative estimate of drug-likeness (QED) is 0.504. The van der Waals surface area contributed by atoms with Gasteiger partial charge in [0.05, 0.1) is 4.92 Å². The fraction of sp³-hybridized carbons (Fsp3) is 0.533. The topological polar surface area (TPSA) is 98.3 Å². The lowest BCUT2D eigenvalue weighted by Gasteiger charge is -2.11. The highest BCUT2D eigenvalue weighted by molar-refractivity contribution is 6.00. The summed E-state index contributed by atoms with van der Waals surface area (Å²) in [6.07, 6.45) is 3.85. The molecule has 0 saturated heterocycles. The number of rotatable bonds is 3. The van der Waals surface area contributed by atoms with E-state index in [1.165, 1.54) is 31.4 Å². The molecule has 3 saturated carbocycles. The SMILES string of the molecule is Nc1cccc(C(=O)NC2C3C4CCC(C4)C23)c1[N+](=O)[O-]. The monoisotopic (exact) mass is 287 g/mol. The number of nitro benzene ring substituents is 1. The van der Waals surface area contributed by atoms with Crippen LogP contribution in [0.15, 0.2) is 18.2 Å². The maximum absolute atomic E-state index is 12.4. The van der Waals surface area contributed by atoms with Crippen LogP contribution >= 0.6 is 0 Å². The summed E-state index contributed by atoms with van der Waals surface area (Å²) in [6, 6.07) is 4.71. The highest BCUT2D eigenvalue weighted by Gasteiger charge is 2.65. The Hall–Kier alpha value is -2.11. The number of nitrogen functional groups attached to an aromatic ring is 1. The molecule has 4 rings (SSSR count). The van der Waals surface area contributed by atoms with Crippen molar-refractivity contribution in [2.24, 2.45) is 23.7 Å². The molecule has 6 heteroatoms. The van der Waals surface area contributed by atoms with Crippen molar-refractivity contribution in [3.05, 3.63) is 33.9 Å². The third-order valence-corrected chi connectivity index (χ3v) is 5.53. The van der Waals surface area contributed by atoms with Crippen LogP contribution in [0, 0.1) is 33.8 Å². The number of fused-ring (bicyclic) bond motifs is 5. The number of nitrogens with zero attached hydrogens (tertiary/aromatic N) is 1. The minimum atomic E-state index is -0.582. The second kappa shape index (κ2) is 4.19. The number of anilines is 1. The van der Waals surface area contributed by atoms with Gasteiger partial charge in [0.25, 0.3) is 5.91 Å². The molecule has 3 aliphatic rings. The van der Waals surface area contributed by atoms with Crippen molar-refractivity contribution in [1.82, 2.24) is 5.32 Å². The van der Waals surface area contributed by atoms with Gasteiger partial charge in [-0.05, 0) is 55.1 Å². The van der Waals surface area contributed by atoms with E-state index in [-0.39, 0.29) is 28.9 Å². The largest absolute Gasteiger partial charge is 0.393 e. The van der Waals surface area contributed by atoms with Gasteiger partial charge < -0.3 is 11.1 Å². The predicted octanol–water partition coefficient (Wildman–Crippen LogP) is 1.95. The number of benzene rings is 1. The third kappa shape index (κ3) is 1.74. The summed E-state index contributed by atoms with van der Waals surface area (Å²) in [5.41, 5.74) is 5.44. The van der Waals surface area contributed by atoms with Gasteiger partial charge in [-0.15, -0.1) is 0 Å². The van der Waals surface area contributed by atoms with Crippen molar-refractivity contribution in [3.63, 3.8) is 0 Å². The summed E-state index contributed by atoms with van der Waals surface area (Å²) in [7, 11) is 0. The van der Waals surface area contributed by atoms with E-state index in [1.54, 1.807) is 6.07 Å². The molecule has 3 aliphatic carbocycles. The molecule has 4 atom stereocenters. The van der Waals surface area contributed by atoms with Gasteiger partial charge in [0.2, 0.25) is 0 Å². The first-order valence-electron chi connectivity index (χ1n) is 7.41. The summed E-state index contributed by atoms with van der Waals surface area (Å²) in [4.78, 5) is 22.9. The molecule has 4 unspecified atom stereocenters. The van der Waals surface area contributed by atoms with Crippen LogP contribution in [0.2, 0.25) is 0 Å². The van der Waals surface area contributed by atoms with E-state index < -0.39 is 4.92 Å². The fourth-order valence-electron chi connectivity index (χ4n) is 4.70. The minimum Gasteiger partial charge on any atom is -0.393 e. The van der Waals surface area contributed by atoms with E-state index in [4.69, 9.17) is 5.73 Å². The Morgan fingerprint density at radius 1 is 1.29 bits per heavy atom. The van der Waals surface area contributed by atoms with Gasteiger partial charge in [-0.2, -0.15) is 0 Å². The maximum atomic E-state index is 12.4. The van der Waals surface area contributed by atoms with Crippen molar-refractivity contribution >= 4 is 17.3 Å². The molecular weight excluding hydrogens is 270 g/mol. The molecule has 21 heavy (non-hydrogen) atoms. The van der Waals surface area contributed by atoms with Crippen molar-refractivity contribution in [2.45, 2.75) is 25.3 Å². The molecule has 0 spiro atoms. The molecule has 0 aromatic heterocycles. The number of nitrogens with two attached hydrogens (primary N) is 1. The second-order valence-corrected chi connectivity index (χ2v) is 6.49. The molecule has 1 amide bonds. The van der Waals surface area contributed by atoms with E-state index >= 15 is 0 Å². The normalized spacial score (nSPS) is 35.3. The Balaban J connectivity index is 1.54. The lowest BCUT2D eigenvalue weighted by atomic mass is 10.0. The highest BCUT2D eigenvalue weighted by atomic mass is 16.6. The Morgan fingerprint density at radius 2 is 1.95 bits per heavy atom. The number of nitro groups is 1. The highest BCUT2D eigenvalue weighted by Crippen LogP contribution is 2.65. The van der Waals surface area contributed by atoms with Gasteiger partial charge in [-0.25, -0.2) is 0 Å². The minimum absolute atomic E-state index is 0.0312. The Labute approximate surface area is 121 Å². The molecule has 0 radical (unpaired) electrons. The number of amides is 1. The molecule has 2 bridgehead atoms. The van der Waals surface area contributed by atoms with Crippen LogP contribution in [-0.2, 0) is 0 Å². The van der Waals surface area contributed by atoms with Crippen LogP contribution in [0.4, 0.5) is 11.4 Å². The molecule has 3 fully saturated rings. The number of para-hydroxylation sites is 1. The Morgan fingerprint density at radius 3 is 2.57 bits per heavy atom. The molecular formula is C15H17N3O3. The van der Waals surface area contributed by atoms with E-state index in [1.807, 2.05) is 0 Å². The average Bonchev–Trinajstić information content (AvgIpc) is 2.83. The van der Waals surface area contributed by atoms with Crippen LogP contribution in [0.25, 0.3) is 0 Å². The lowest BCUT2D eigenvalue weighted by Crippen LogP contribution is -2.30. The third-order valence-electron chi connectivity index (χ3n) is 5.53. The molecule has 0 aliphatic heterocycles. The van der Waals surface area contributed by atoms with Gasteiger partial charge in [0, 0.05) is 6.04 Å². The van der Waals surface area contributed by atoms with Crippen molar-refractivity contribution in [1.29, 1.82) is 0 Å². The van der Waals surface area contributed by atoms with Crippen molar-refractivity contribution in [2.75, 3.05) is 5.73 Å². The van der Waals surface area contributed by atoms with Crippen molar-refractivity contribution < 1.29 is 9.72 Å². The van der Waals surface area contributed by atoms with Crippen LogP contribution in [0.1, 0.15) is 29.6 Å². The lowest BCUT2D eigenvalue weighted by molar-refractivity contribution is -0.384. The van der Waals surface area contributed by atoms with Crippen molar-refractivity contribution in [3.8, 4) is 0 Å². The first-order chi connectivity index (χ1) is 10.1. The van der Waals surface area contributed by atoms with Gasteiger partial charge in [-0.1, -0.05) is 6.07 Å². The first kappa shape index (κ1) is 12.6. The van der Waals surface area contributed by atoms with Crippen LogP contribution in [-0.4, -0.2) is 16.9 Å². The molecule has 6 nitrogen and oxygen atoms in total. The Kier molecular flexibility index (Phi) is 2.52. The molecule has 1 aromatic rings. The molecule has 3 N–H and O–H groups in total. The van der Waals surface area contributed by atoms with E-state index in [0.29, 0.717) is 11.8 Å². The number of nitrogens with one attached hydrogen (secondary N) is 1. The number of hydrogen-bond donors (Lipinski definition) is 2. The van der Waals surface area contributed by atoms with Gasteiger partial charge in [0.1, 0.15) is 11.3 Å². The number of carbonyl (C=O) groups is 1. The molecule has 0 heterocycles. The average molecular weight is 287 g/mol. The number of hydrogen-bond acceptors (Lipinski definition) is 4. The van der Waals surface area contributed by atoms with Gasteiger partial charge >= 0.3 is 5.69 Å². The summed E-state index contributed by atoms with van der Waals surface area (Å²) in [5, 5.41) is 14.1. The fourth-order valence-corrected chi connectivity index (χ4v) is 4.70. The summed E-state index contributed by atoms with van der Waals surface area (Å²) >= 11 is 0. The summed E-state index contributed by atoms with van der Waals surface area (Å²) in [6.45, 7) is 0. The first-order valence-corrected chi connectivity index (χ1v) is 7.41. The summed E-state index contributed by atoms with van der Waals surface area (Å²) in [5.74, 6) is 2.34. The number of carbonyl (C=O) groups excluding carboxylic acids is 1. The van der Waals surface area contributed by atoms with E-state index in [9.17, 15) is 14.9 Å². The predicted molar refractivity (Wildman–Crippen MR) is 76.6 cm³/mol. The smallest absolute Gasteiger partial charge is 0.304 e. The molecule has 110 valence electrons. The maximum Gasteiger partial charge on any atom is 0.304 e. The van der Waals surface area contributed by atoms with Crippen LogP contribution in [0.5, 0.6) is 0 Å². The van der Waals surface area contributed by atoms with Crippen LogP contribution < -0.4 is 11.1 Å². The zero-order chi connectivity index (χ0) is 14.7. The van der Waals surface area contributed by atoms with Gasteiger partial charge in [0.15, 0.2) is 0 Å². The standard InChI is InChI=1S/C15H17N3O3/c16-10-3-1-2-9(14(10)18(20)21)15(19)17-13-11-7-4-5-8(6-7)12(11)13/h1-3,7-8,11-13H,4-6,16H2,(H,17,19). The molecule has 1 aromatic carbocycles. The Bertz CT molecular complexity index is 629. The van der Waals surface area contributed by atoms with Crippen LogP contribution in [0.3, 0.4) is 0 Å². The zero-order valence-corrected chi connectivity index (χ0v) is 11.5. The summed E-state index contributed by atoms with van der Waals surface area (Å²) < 4.78 is 0. The van der Waals surface area contributed by atoms with E-state index in [2.05, 4.69) is 5.32 Å². The van der Waals surface area contributed by atoms with E-state index in [0.717, 1.165) is 11.8 Å².